The van der Waals surface area contributed by atoms with E-state index in [0.717, 1.165) is 45.6 Å². The Balaban J connectivity index is 1.95. The summed E-state index contributed by atoms with van der Waals surface area (Å²) < 4.78 is 4.84. The summed E-state index contributed by atoms with van der Waals surface area (Å²) >= 11 is 0. The van der Waals surface area contributed by atoms with Crippen LogP contribution in [0.15, 0.2) is 36.4 Å². The highest BCUT2D eigenvalue weighted by atomic mass is 16.5. The van der Waals surface area contributed by atoms with Gasteiger partial charge in [-0.2, -0.15) is 5.10 Å². The predicted octanol–water partition coefficient (Wildman–Crippen LogP) is 4.37. The number of hydrogen-bond acceptors (Lipinski definition) is 6. The first-order valence-corrected chi connectivity index (χ1v) is 10.0. The van der Waals surface area contributed by atoms with Crippen molar-refractivity contribution in [2.45, 2.75) is 33.2 Å². The molecule has 0 aliphatic rings. The van der Waals surface area contributed by atoms with Crippen molar-refractivity contribution in [3.63, 3.8) is 0 Å². The lowest BCUT2D eigenvalue weighted by atomic mass is 10.1. The van der Waals surface area contributed by atoms with Gasteiger partial charge < -0.3 is 9.64 Å². The number of ether oxygens (including phenoxy) is 1. The quantitative estimate of drug-likeness (QED) is 0.498. The number of aromatic nitrogens is 4. The number of fused-ring (bicyclic) bond motifs is 2. The van der Waals surface area contributed by atoms with E-state index in [1.54, 1.807) is 12.1 Å². The Labute approximate surface area is 175 Å². The number of nitrogens with zero attached hydrogens (tertiary/aromatic N) is 4. The number of hydrogen-bond donors (Lipinski definition) is 1. The van der Waals surface area contributed by atoms with Gasteiger partial charge in [0.05, 0.1) is 29.2 Å². The largest absolute Gasteiger partial charge is 0.465 e. The van der Waals surface area contributed by atoms with E-state index in [1.807, 2.05) is 25.2 Å². The number of anilines is 1. The first-order chi connectivity index (χ1) is 14.4. The fourth-order valence-electron chi connectivity index (χ4n) is 3.45. The summed E-state index contributed by atoms with van der Waals surface area (Å²) in [6.45, 7) is 6.32. The molecule has 0 saturated carbocycles. The van der Waals surface area contributed by atoms with E-state index in [1.165, 1.54) is 7.11 Å². The molecule has 2 heterocycles. The van der Waals surface area contributed by atoms with Crippen molar-refractivity contribution in [2.75, 3.05) is 19.1 Å². The molecule has 0 aliphatic carbocycles. The van der Waals surface area contributed by atoms with Crippen molar-refractivity contribution >= 4 is 33.7 Å². The van der Waals surface area contributed by atoms with Crippen molar-refractivity contribution in [3.8, 4) is 11.3 Å². The molecule has 0 saturated heterocycles. The fourth-order valence-corrected chi connectivity index (χ4v) is 3.45. The maximum atomic E-state index is 11.9. The minimum atomic E-state index is -0.390. The number of benzene rings is 2. The van der Waals surface area contributed by atoms with Gasteiger partial charge in [-0.25, -0.2) is 14.8 Å². The Morgan fingerprint density at radius 3 is 2.57 bits per heavy atom. The molecular formula is C23H25N5O2. The third-order valence-electron chi connectivity index (χ3n) is 5.44. The Morgan fingerprint density at radius 2 is 1.87 bits per heavy atom. The van der Waals surface area contributed by atoms with Crippen molar-refractivity contribution < 1.29 is 9.53 Å². The van der Waals surface area contributed by atoms with Gasteiger partial charge in [-0.1, -0.05) is 13.0 Å². The lowest BCUT2D eigenvalue weighted by molar-refractivity contribution is 0.0601. The Morgan fingerprint density at radius 1 is 1.10 bits per heavy atom. The monoisotopic (exact) mass is 403 g/mol. The Hall–Kier alpha value is -3.48. The number of rotatable bonds is 5. The molecule has 1 N–H and O–H groups in total. The van der Waals surface area contributed by atoms with E-state index in [0.29, 0.717) is 11.1 Å². The third-order valence-corrected chi connectivity index (χ3v) is 5.44. The number of aryl methyl sites for hydroxylation is 1. The van der Waals surface area contributed by atoms with Gasteiger partial charge in [0.15, 0.2) is 5.82 Å². The van der Waals surface area contributed by atoms with Gasteiger partial charge in [0.25, 0.3) is 0 Å². The van der Waals surface area contributed by atoms with Crippen molar-refractivity contribution in [2.24, 2.45) is 0 Å². The zero-order valence-electron chi connectivity index (χ0n) is 17.9. The summed E-state index contributed by atoms with van der Waals surface area (Å²) in [5.41, 5.74) is 5.65. The normalized spacial score (nSPS) is 11.4. The van der Waals surface area contributed by atoms with Crippen LogP contribution >= 0.6 is 0 Å². The molecule has 0 atom stereocenters. The van der Waals surface area contributed by atoms with E-state index in [4.69, 9.17) is 14.7 Å². The van der Waals surface area contributed by atoms with Crippen LogP contribution in [0.1, 0.15) is 36.8 Å². The molecule has 30 heavy (non-hydrogen) atoms. The van der Waals surface area contributed by atoms with E-state index in [2.05, 4.69) is 41.9 Å². The third kappa shape index (κ3) is 3.36. The SMILES string of the molecule is CCc1[nH]nc2ccc(-c3nc4ccc(C(=O)OC)cc4nc3N(C)C(C)C)cc12. The zero-order chi connectivity index (χ0) is 21.4. The number of aromatic amines is 1. The van der Waals surface area contributed by atoms with Gasteiger partial charge in [0.2, 0.25) is 0 Å². The second-order valence-electron chi connectivity index (χ2n) is 7.58. The van der Waals surface area contributed by atoms with Gasteiger partial charge in [0.1, 0.15) is 5.69 Å². The van der Waals surface area contributed by atoms with Crippen LogP contribution in [-0.4, -0.2) is 46.3 Å². The summed E-state index contributed by atoms with van der Waals surface area (Å²) in [7, 11) is 3.37. The molecule has 4 aromatic rings. The van der Waals surface area contributed by atoms with E-state index < -0.39 is 0 Å². The maximum Gasteiger partial charge on any atom is 0.337 e. The zero-order valence-corrected chi connectivity index (χ0v) is 17.9. The highest BCUT2D eigenvalue weighted by molar-refractivity contribution is 5.95. The van der Waals surface area contributed by atoms with Crippen LogP contribution in [-0.2, 0) is 11.2 Å². The summed E-state index contributed by atoms with van der Waals surface area (Å²) in [5.74, 6) is 0.374. The van der Waals surface area contributed by atoms with Crippen LogP contribution < -0.4 is 4.90 Å². The molecule has 0 spiro atoms. The average molecular weight is 403 g/mol. The Bertz CT molecular complexity index is 1250. The molecule has 154 valence electrons. The smallest absolute Gasteiger partial charge is 0.337 e. The standard InChI is InChI=1S/C23H25N5O2/c1-6-17-16-11-14(7-9-18(16)27-26-17)21-22(28(4)13(2)3)25-20-12-15(23(29)30-5)8-10-19(20)24-21/h7-13H,6H2,1-5H3,(H,26,27). The van der Waals surface area contributed by atoms with E-state index in [-0.39, 0.29) is 12.0 Å². The topological polar surface area (TPSA) is 84.0 Å². The van der Waals surface area contributed by atoms with Crippen molar-refractivity contribution in [3.05, 3.63) is 47.7 Å². The molecule has 4 rings (SSSR count). The molecule has 7 nitrogen and oxygen atoms in total. The lowest BCUT2D eigenvalue weighted by Crippen LogP contribution is -2.27. The molecule has 7 heteroatoms. The van der Waals surface area contributed by atoms with Crippen LogP contribution in [0, 0.1) is 0 Å². The first kappa shape index (κ1) is 19.8. The second kappa shape index (κ2) is 7.74. The Kier molecular flexibility index (Phi) is 5.11. The molecule has 2 aromatic carbocycles. The van der Waals surface area contributed by atoms with Gasteiger partial charge in [-0.3, -0.25) is 5.10 Å². The lowest BCUT2D eigenvalue weighted by Gasteiger charge is -2.25. The number of carbonyl (C=O) groups is 1. The number of methoxy groups -OCH3 is 1. The molecule has 0 unspecified atom stereocenters. The molecule has 0 amide bonds. The number of H-pyrrole nitrogens is 1. The summed E-state index contributed by atoms with van der Waals surface area (Å²) in [5, 5.41) is 8.58. The number of carbonyl (C=O) groups excluding carboxylic acids is 1. The molecule has 0 aliphatic heterocycles. The highest BCUT2D eigenvalue weighted by Crippen LogP contribution is 2.32. The van der Waals surface area contributed by atoms with Crippen molar-refractivity contribution in [1.82, 2.24) is 20.2 Å². The molecule has 0 radical (unpaired) electrons. The predicted molar refractivity (Wildman–Crippen MR) is 119 cm³/mol. The summed E-state index contributed by atoms with van der Waals surface area (Å²) in [6, 6.07) is 11.6. The minimum absolute atomic E-state index is 0.225. The van der Waals surface area contributed by atoms with E-state index >= 15 is 0 Å². The van der Waals surface area contributed by atoms with Crippen LogP contribution in [0.4, 0.5) is 5.82 Å². The van der Waals surface area contributed by atoms with Gasteiger partial charge >= 0.3 is 5.97 Å². The molecule has 0 fully saturated rings. The number of nitrogens with one attached hydrogen (secondary N) is 1. The minimum Gasteiger partial charge on any atom is -0.465 e. The summed E-state index contributed by atoms with van der Waals surface area (Å²) in [6.07, 6.45) is 0.873. The van der Waals surface area contributed by atoms with Crippen molar-refractivity contribution in [1.29, 1.82) is 0 Å². The summed E-state index contributed by atoms with van der Waals surface area (Å²) in [4.78, 5) is 23.9. The first-order valence-electron chi connectivity index (χ1n) is 10.0. The van der Waals surface area contributed by atoms with E-state index in [9.17, 15) is 4.79 Å². The maximum absolute atomic E-state index is 11.9. The molecule has 2 aromatic heterocycles. The second-order valence-corrected chi connectivity index (χ2v) is 7.58. The van der Waals surface area contributed by atoms with Gasteiger partial charge in [-0.15, -0.1) is 0 Å². The highest BCUT2D eigenvalue weighted by Gasteiger charge is 2.19. The van der Waals surface area contributed by atoms with Crippen LogP contribution in [0.2, 0.25) is 0 Å². The van der Waals surface area contributed by atoms with Crippen LogP contribution in [0.5, 0.6) is 0 Å². The average Bonchev–Trinajstić information content (AvgIpc) is 3.18. The molecular weight excluding hydrogens is 378 g/mol. The van der Waals surface area contributed by atoms with Gasteiger partial charge in [-0.05, 0) is 50.6 Å². The van der Waals surface area contributed by atoms with Crippen LogP contribution in [0.25, 0.3) is 33.2 Å². The fraction of sp³-hybridized carbons (Fsp3) is 0.304. The number of esters is 1. The van der Waals surface area contributed by atoms with Gasteiger partial charge in [0, 0.05) is 29.7 Å². The van der Waals surface area contributed by atoms with Crippen LogP contribution in [0.3, 0.4) is 0 Å². The molecule has 0 bridgehead atoms.